The van der Waals surface area contributed by atoms with E-state index in [0.717, 1.165) is 5.56 Å². The van der Waals surface area contributed by atoms with Crippen LogP contribution in [0.25, 0.3) is 0 Å². The molecule has 4 heteroatoms. The van der Waals surface area contributed by atoms with Crippen molar-refractivity contribution in [3.05, 3.63) is 29.8 Å². The Hall–Kier alpha value is -0.630. The fourth-order valence-electron chi connectivity index (χ4n) is 1.32. The smallest absolute Gasteiger partial charge is 0.305 e. The van der Waals surface area contributed by atoms with E-state index < -0.39 is 7.60 Å². The average Bonchev–Trinajstić information content (AvgIpc) is 2.18. The molecule has 0 heterocycles. The van der Waals surface area contributed by atoms with Crippen molar-refractivity contribution in [2.45, 2.75) is 20.8 Å². The lowest BCUT2D eigenvalue weighted by atomic mass is 10.2. The van der Waals surface area contributed by atoms with Gasteiger partial charge in [-0.1, -0.05) is 17.7 Å². The highest BCUT2D eigenvalue weighted by atomic mass is 31.2. The standard InChI is InChI=1S/C11H17O3P/c1-4-13-15(12,14-5-2)11-8-6-7-10(3)9-11/h6-9H,4-5H2,1-3H3. The monoisotopic (exact) mass is 228 g/mol. The Morgan fingerprint density at radius 1 is 1.20 bits per heavy atom. The summed E-state index contributed by atoms with van der Waals surface area (Å²) in [6.45, 7) is 6.32. The minimum absolute atomic E-state index is 0.380. The van der Waals surface area contributed by atoms with Crippen molar-refractivity contribution in [1.82, 2.24) is 0 Å². The number of hydrogen-bond donors (Lipinski definition) is 0. The molecule has 1 aromatic rings. The number of aryl methyl sites for hydroxylation is 1. The maximum Gasteiger partial charge on any atom is 0.361 e. The summed E-state index contributed by atoms with van der Waals surface area (Å²) < 4.78 is 22.8. The Kier molecular flexibility index (Phi) is 4.52. The van der Waals surface area contributed by atoms with E-state index >= 15 is 0 Å². The van der Waals surface area contributed by atoms with Gasteiger partial charge >= 0.3 is 7.60 Å². The molecule has 0 saturated heterocycles. The zero-order valence-electron chi connectivity index (χ0n) is 9.40. The third kappa shape index (κ3) is 3.16. The summed E-state index contributed by atoms with van der Waals surface area (Å²) >= 11 is 0. The molecular formula is C11H17O3P. The second-order valence-electron chi connectivity index (χ2n) is 3.17. The summed E-state index contributed by atoms with van der Waals surface area (Å²) in [5, 5.41) is 0.631. The third-order valence-corrected chi connectivity index (χ3v) is 4.02. The lowest BCUT2D eigenvalue weighted by molar-refractivity contribution is 0.230. The van der Waals surface area contributed by atoms with Crippen LogP contribution in [0.1, 0.15) is 19.4 Å². The summed E-state index contributed by atoms with van der Waals surface area (Å²) in [7, 11) is -3.10. The molecule has 1 aromatic carbocycles. The van der Waals surface area contributed by atoms with Crippen LogP contribution < -0.4 is 5.30 Å². The summed E-state index contributed by atoms with van der Waals surface area (Å²) in [6.07, 6.45) is 0. The van der Waals surface area contributed by atoms with Gasteiger partial charge in [0.2, 0.25) is 0 Å². The van der Waals surface area contributed by atoms with Gasteiger partial charge in [0, 0.05) is 0 Å². The van der Waals surface area contributed by atoms with E-state index in [1.165, 1.54) is 0 Å². The number of benzene rings is 1. The number of hydrogen-bond acceptors (Lipinski definition) is 3. The van der Waals surface area contributed by atoms with Crippen LogP contribution in [0.3, 0.4) is 0 Å². The normalized spacial score (nSPS) is 11.7. The molecule has 0 fully saturated rings. The molecule has 0 amide bonds. The van der Waals surface area contributed by atoms with E-state index in [1.807, 2.05) is 39.0 Å². The predicted molar refractivity (Wildman–Crippen MR) is 61.7 cm³/mol. The van der Waals surface area contributed by atoms with Crippen LogP contribution in [-0.4, -0.2) is 13.2 Å². The van der Waals surface area contributed by atoms with Crippen LogP contribution in [0.2, 0.25) is 0 Å². The minimum atomic E-state index is -3.10. The summed E-state index contributed by atoms with van der Waals surface area (Å²) in [5.74, 6) is 0. The van der Waals surface area contributed by atoms with Crippen molar-refractivity contribution >= 4 is 12.9 Å². The fourth-order valence-corrected chi connectivity index (χ4v) is 3.01. The second kappa shape index (κ2) is 5.45. The second-order valence-corrected chi connectivity index (χ2v) is 5.20. The van der Waals surface area contributed by atoms with Crippen molar-refractivity contribution in [3.63, 3.8) is 0 Å². The molecule has 0 N–H and O–H groups in total. The highest BCUT2D eigenvalue weighted by Crippen LogP contribution is 2.46. The molecule has 0 aromatic heterocycles. The Morgan fingerprint density at radius 2 is 1.80 bits per heavy atom. The van der Waals surface area contributed by atoms with Gasteiger partial charge in [-0.3, -0.25) is 4.57 Å². The highest BCUT2D eigenvalue weighted by Gasteiger charge is 2.26. The molecule has 0 unspecified atom stereocenters. The SMILES string of the molecule is CCOP(=O)(OCC)c1cccc(C)c1. The Bertz CT molecular complexity index is 353. The van der Waals surface area contributed by atoms with Gasteiger partial charge < -0.3 is 9.05 Å². The first-order chi connectivity index (χ1) is 7.12. The molecule has 3 nitrogen and oxygen atoms in total. The van der Waals surface area contributed by atoms with Crippen LogP contribution in [0.15, 0.2) is 24.3 Å². The molecule has 0 aliphatic heterocycles. The molecular weight excluding hydrogens is 211 g/mol. The van der Waals surface area contributed by atoms with Crippen molar-refractivity contribution in [2.75, 3.05) is 13.2 Å². The largest absolute Gasteiger partial charge is 0.361 e. The van der Waals surface area contributed by atoms with Crippen LogP contribution in [0.5, 0.6) is 0 Å². The van der Waals surface area contributed by atoms with Gasteiger partial charge in [-0.15, -0.1) is 0 Å². The highest BCUT2D eigenvalue weighted by molar-refractivity contribution is 7.62. The molecule has 0 radical (unpaired) electrons. The molecule has 0 aliphatic rings. The minimum Gasteiger partial charge on any atom is -0.305 e. The van der Waals surface area contributed by atoms with Crippen LogP contribution in [0.4, 0.5) is 0 Å². The van der Waals surface area contributed by atoms with Gasteiger partial charge in [0.15, 0.2) is 0 Å². The maximum absolute atomic E-state index is 12.3. The lowest BCUT2D eigenvalue weighted by Gasteiger charge is -2.17. The molecule has 0 aliphatic carbocycles. The van der Waals surface area contributed by atoms with Crippen molar-refractivity contribution < 1.29 is 13.6 Å². The van der Waals surface area contributed by atoms with Gasteiger partial charge in [-0.25, -0.2) is 0 Å². The Labute approximate surface area is 90.9 Å². The quantitative estimate of drug-likeness (QED) is 0.727. The first kappa shape index (κ1) is 12.4. The van der Waals surface area contributed by atoms with Gasteiger partial charge in [-0.05, 0) is 32.9 Å². The molecule has 0 spiro atoms. The van der Waals surface area contributed by atoms with Crippen molar-refractivity contribution in [1.29, 1.82) is 0 Å². The topological polar surface area (TPSA) is 35.5 Å². The first-order valence-corrected chi connectivity index (χ1v) is 6.63. The van der Waals surface area contributed by atoms with E-state index in [4.69, 9.17) is 9.05 Å². The van der Waals surface area contributed by atoms with Gasteiger partial charge in [-0.2, -0.15) is 0 Å². The van der Waals surface area contributed by atoms with E-state index in [-0.39, 0.29) is 0 Å². The predicted octanol–water partition coefficient (Wildman–Crippen LogP) is 2.89. The number of rotatable bonds is 5. The van der Waals surface area contributed by atoms with E-state index in [0.29, 0.717) is 18.5 Å². The first-order valence-electron chi connectivity index (χ1n) is 5.08. The fraction of sp³-hybridized carbons (Fsp3) is 0.455. The maximum atomic E-state index is 12.3. The van der Waals surface area contributed by atoms with Gasteiger partial charge in [0.05, 0.1) is 18.5 Å². The molecule has 0 saturated carbocycles. The molecule has 0 atom stereocenters. The van der Waals surface area contributed by atoms with Crippen molar-refractivity contribution in [2.24, 2.45) is 0 Å². The zero-order chi connectivity index (χ0) is 11.3. The van der Waals surface area contributed by atoms with Crippen LogP contribution in [0, 0.1) is 6.92 Å². The van der Waals surface area contributed by atoms with E-state index in [2.05, 4.69) is 0 Å². The summed E-state index contributed by atoms with van der Waals surface area (Å²) in [5.41, 5.74) is 1.05. The Balaban J connectivity index is 3.03. The van der Waals surface area contributed by atoms with Gasteiger partial charge in [0.25, 0.3) is 0 Å². The van der Waals surface area contributed by atoms with Crippen LogP contribution in [-0.2, 0) is 13.6 Å². The average molecular weight is 228 g/mol. The molecule has 0 bridgehead atoms. The van der Waals surface area contributed by atoms with E-state index in [9.17, 15) is 4.57 Å². The zero-order valence-corrected chi connectivity index (χ0v) is 10.3. The lowest BCUT2D eigenvalue weighted by Crippen LogP contribution is -2.10. The summed E-state index contributed by atoms with van der Waals surface area (Å²) in [4.78, 5) is 0. The molecule has 15 heavy (non-hydrogen) atoms. The van der Waals surface area contributed by atoms with E-state index in [1.54, 1.807) is 6.07 Å². The van der Waals surface area contributed by atoms with Crippen LogP contribution >= 0.6 is 7.60 Å². The molecule has 1 rings (SSSR count). The summed E-state index contributed by atoms with van der Waals surface area (Å²) in [6, 6.07) is 7.42. The Morgan fingerprint density at radius 3 is 2.27 bits per heavy atom. The molecule has 84 valence electrons. The third-order valence-electron chi connectivity index (χ3n) is 1.92. The van der Waals surface area contributed by atoms with Gasteiger partial charge in [0.1, 0.15) is 0 Å². The van der Waals surface area contributed by atoms with Crippen molar-refractivity contribution in [3.8, 4) is 0 Å².